The van der Waals surface area contributed by atoms with Crippen LogP contribution in [0, 0.1) is 22.2 Å². The van der Waals surface area contributed by atoms with Gasteiger partial charge in [-0.15, -0.1) is 0 Å². The molecule has 1 N–H and O–H groups in total. The number of piperidine rings is 1. The number of hydrogen-bond acceptors (Lipinski definition) is 4. The summed E-state index contributed by atoms with van der Waals surface area (Å²) >= 11 is 0. The minimum Gasteiger partial charge on any atom is -0.358 e. The van der Waals surface area contributed by atoms with Gasteiger partial charge in [0.1, 0.15) is 6.73 Å². The van der Waals surface area contributed by atoms with Gasteiger partial charge < -0.3 is 4.74 Å². The van der Waals surface area contributed by atoms with Crippen LogP contribution in [0.25, 0.3) is 0 Å². The zero-order chi connectivity index (χ0) is 24.1. The van der Waals surface area contributed by atoms with E-state index in [0.29, 0.717) is 17.6 Å². The van der Waals surface area contributed by atoms with Crippen LogP contribution < -0.4 is 5.48 Å². The summed E-state index contributed by atoms with van der Waals surface area (Å²) < 4.78 is 6.41. The van der Waals surface area contributed by atoms with Crippen molar-refractivity contribution in [3.63, 3.8) is 0 Å². The summed E-state index contributed by atoms with van der Waals surface area (Å²) in [5.41, 5.74) is 4.25. The van der Waals surface area contributed by atoms with Gasteiger partial charge >= 0.3 is 0 Å². The Morgan fingerprint density at radius 1 is 0.781 bits per heavy atom. The molecule has 4 rings (SSSR count). The van der Waals surface area contributed by atoms with Crippen LogP contribution in [-0.4, -0.2) is 41.5 Å². The minimum atomic E-state index is -0.188. The highest BCUT2D eigenvalue weighted by Gasteiger charge is 2.60. The molecule has 0 radical (unpaired) electrons. The Morgan fingerprint density at radius 2 is 1.28 bits per heavy atom. The quantitative estimate of drug-likeness (QED) is 0.259. The van der Waals surface area contributed by atoms with Crippen molar-refractivity contribution in [2.45, 2.75) is 137 Å². The van der Waals surface area contributed by atoms with Gasteiger partial charge in [0.15, 0.2) is 0 Å². The van der Waals surface area contributed by atoms with E-state index in [4.69, 9.17) is 9.57 Å². The smallest absolute Gasteiger partial charge is 0.120 e. The molecular weight excluding hydrogens is 396 g/mol. The van der Waals surface area contributed by atoms with Gasteiger partial charge in [-0.25, -0.2) is 0 Å². The van der Waals surface area contributed by atoms with E-state index in [1.807, 2.05) is 0 Å². The molecule has 188 valence electrons. The Morgan fingerprint density at radius 3 is 1.72 bits per heavy atom. The van der Waals surface area contributed by atoms with Crippen molar-refractivity contribution in [2.24, 2.45) is 22.2 Å². The van der Waals surface area contributed by atoms with E-state index in [1.165, 1.54) is 64.5 Å². The molecule has 0 unspecified atom stereocenters. The zero-order valence-electron chi connectivity index (χ0n) is 23.1. The van der Waals surface area contributed by atoms with Crippen LogP contribution >= 0.6 is 0 Å². The molecule has 4 heteroatoms. The third-order valence-corrected chi connectivity index (χ3v) is 10.4. The van der Waals surface area contributed by atoms with Crippen molar-refractivity contribution in [2.75, 3.05) is 19.8 Å². The lowest BCUT2D eigenvalue weighted by Crippen LogP contribution is -2.65. The number of hydroxylamine groups is 1. The maximum absolute atomic E-state index is 6.41. The highest BCUT2D eigenvalue weighted by Crippen LogP contribution is 2.65. The average molecular weight is 451 g/mol. The number of nitrogens with zero attached hydrogens (tertiary/aromatic N) is 1. The topological polar surface area (TPSA) is 33.7 Å². The zero-order valence-corrected chi connectivity index (χ0v) is 23.1. The predicted molar refractivity (Wildman–Crippen MR) is 134 cm³/mol. The van der Waals surface area contributed by atoms with E-state index in [9.17, 15) is 0 Å². The molecule has 0 aromatic rings. The largest absolute Gasteiger partial charge is 0.358 e. The molecule has 4 fully saturated rings. The maximum Gasteiger partial charge on any atom is 0.120 e. The molecule has 4 nitrogen and oxygen atoms in total. The highest BCUT2D eigenvalue weighted by molar-refractivity contribution is 5.12. The van der Waals surface area contributed by atoms with Gasteiger partial charge in [-0.3, -0.25) is 9.74 Å². The second kappa shape index (κ2) is 8.81. The van der Waals surface area contributed by atoms with E-state index in [1.54, 1.807) is 0 Å². The van der Waals surface area contributed by atoms with Crippen molar-refractivity contribution >= 4 is 0 Å². The number of likely N-dealkylation sites (tertiary alicyclic amines) is 1. The second-order valence-corrected chi connectivity index (χ2v) is 14.4. The molecule has 1 saturated heterocycles. The number of rotatable bonds is 7. The normalized spacial score (nSPS) is 31.3. The molecule has 0 aromatic carbocycles. The van der Waals surface area contributed by atoms with Gasteiger partial charge in [-0.05, 0) is 121 Å². The van der Waals surface area contributed by atoms with Crippen molar-refractivity contribution in [1.29, 1.82) is 0 Å². The summed E-state index contributed by atoms with van der Waals surface area (Å²) in [6.45, 7) is 26.7. The van der Waals surface area contributed by atoms with Gasteiger partial charge in [0.25, 0.3) is 0 Å². The Bertz CT molecular complexity index is 608. The first-order valence-electron chi connectivity index (χ1n) is 13.3. The third-order valence-electron chi connectivity index (χ3n) is 10.4. The Balaban J connectivity index is 1.61. The van der Waals surface area contributed by atoms with Crippen LogP contribution in [-0.2, 0) is 9.57 Å². The number of nitrogens with one attached hydrogen (secondary N) is 1. The van der Waals surface area contributed by atoms with Crippen LogP contribution in [0.5, 0.6) is 0 Å². The maximum atomic E-state index is 6.41. The highest BCUT2D eigenvalue weighted by atomic mass is 16.7. The predicted octanol–water partition coefficient (Wildman–Crippen LogP) is 6.94. The fraction of sp³-hybridized carbons (Fsp3) is 1.00. The standard InChI is InChI=1S/C28H54N2O2/c1-23(2,3)22-11-19-30(20-12-22)26(9,10)25(7,8)27-13-16-28(17-14-27,18-15-27)31-21-29-32-24(4,5)6/h22,29H,11-21H2,1-10H3. The van der Waals surface area contributed by atoms with Crippen LogP contribution in [0.15, 0.2) is 0 Å². The molecule has 2 bridgehead atoms. The van der Waals surface area contributed by atoms with E-state index in [2.05, 4.69) is 79.6 Å². The monoisotopic (exact) mass is 450 g/mol. The van der Waals surface area contributed by atoms with Gasteiger partial charge in [-0.1, -0.05) is 34.6 Å². The van der Waals surface area contributed by atoms with Crippen LogP contribution in [0.2, 0.25) is 0 Å². The first kappa shape index (κ1) is 26.4. The summed E-state index contributed by atoms with van der Waals surface area (Å²) in [5.74, 6) is 0.855. The molecule has 3 aliphatic carbocycles. The Labute approximate surface area is 199 Å². The molecule has 0 atom stereocenters. The molecule has 0 amide bonds. The number of hydrogen-bond donors (Lipinski definition) is 1. The van der Waals surface area contributed by atoms with E-state index < -0.39 is 0 Å². The summed E-state index contributed by atoms with van der Waals surface area (Å²) in [4.78, 5) is 8.49. The second-order valence-electron chi connectivity index (χ2n) is 14.4. The van der Waals surface area contributed by atoms with E-state index >= 15 is 0 Å². The van der Waals surface area contributed by atoms with Crippen molar-refractivity contribution in [3.8, 4) is 0 Å². The summed E-state index contributed by atoms with van der Waals surface area (Å²) in [5, 5.41) is 0. The van der Waals surface area contributed by atoms with Crippen molar-refractivity contribution < 1.29 is 9.57 Å². The molecule has 1 aliphatic heterocycles. The summed E-state index contributed by atoms with van der Waals surface area (Å²) in [6, 6.07) is 0. The Hall–Kier alpha value is -0.160. The SMILES string of the molecule is CC(C)(C)ONCOC12CCC(C(C)(C)C(C)(C)N3CCC(C(C)(C)C)CC3)(CC1)CC2. The van der Waals surface area contributed by atoms with Crippen LogP contribution in [0.4, 0.5) is 0 Å². The summed E-state index contributed by atoms with van der Waals surface area (Å²) in [7, 11) is 0. The lowest BCUT2D eigenvalue weighted by molar-refractivity contribution is -0.212. The van der Waals surface area contributed by atoms with Gasteiger partial charge in [0, 0.05) is 5.54 Å². The fourth-order valence-corrected chi connectivity index (χ4v) is 7.08. The van der Waals surface area contributed by atoms with Crippen LogP contribution in [0.1, 0.15) is 121 Å². The molecule has 0 spiro atoms. The van der Waals surface area contributed by atoms with E-state index in [0.717, 1.165) is 5.92 Å². The molecule has 4 aliphatic rings. The molecule has 0 aromatic heterocycles. The van der Waals surface area contributed by atoms with Gasteiger partial charge in [0.2, 0.25) is 0 Å². The lowest BCUT2D eigenvalue weighted by Gasteiger charge is -2.65. The van der Waals surface area contributed by atoms with Crippen LogP contribution in [0.3, 0.4) is 0 Å². The Kier molecular flexibility index (Phi) is 7.28. The molecule has 32 heavy (non-hydrogen) atoms. The average Bonchev–Trinajstić information content (AvgIpc) is 2.71. The molecule has 1 heterocycles. The summed E-state index contributed by atoms with van der Waals surface area (Å²) in [6.07, 6.45) is 10.1. The van der Waals surface area contributed by atoms with Crippen molar-refractivity contribution in [3.05, 3.63) is 0 Å². The number of fused-ring (bicyclic) bond motifs is 3. The minimum absolute atomic E-state index is 0.0568. The first-order chi connectivity index (χ1) is 14.5. The first-order valence-corrected chi connectivity index (χ1v) is 13.3. The van der Waals surface area contributed by atoms with Crippen molar-refractivity contribution in [1.82, 2.24) is 10.4 Å². The van der Waals surface area contributed by atoms with E-state index in [-0.39, 0.29) is 22.2 Å². The molecule has 3 saturated carbocycles. The number of ether oxygens (including phenoxy) is 1. The third kappa shape index (κ3) is 5.09. The fourth-order valence-electron chi connectivity index (χ4n) is 7.08. The lowest BCUT2D eigenvalue weighted by atomic mass is 9.45. The molecular formula is C28H54N2O2. The van der Waals surface area contributed by atoms with Gasteiger partial charge in [0.05, 0.1) is 11.2 Å². The van der Waals surface area contributed by atoms with Gasteiger partial charge in [-0.2, -0.15) is 5.48 Å².